The third kappa shape index (κ3) is 4.17. The van der Waals surface area contributed by atoms with Crippen molar-refractivity contribution in [2.75, 3.05) is 11.1 Å². The molecule has 1 N–H and O–H groups in total. The van der Waals surface area contributed by atoms with Crippen molar-refractivity contribution in [2.24, 2.45) is 0 Å². The van der Waals surface area contributed by atoms with Crippen molar-refractivity contribution in [3.05, 3.63) is 46.3 Å². The van der Waals surface area contributed by atoms with E-state index < -0.39 is 11.9 Å². The van der Waals surface area contributed by atoms with Gasteiger partial charge in [0.05, 0.1) is 5.75 Å². The number of hydrogen-bond donors (Lipinski definition) is 1. The number of amides is 1. The molecule has 1 aromatic heterocycles. The average molecular weight is 381 g/mol. The van der Waals surface area contributed by atoms with Gasteiger partial charge >= 0.3 is 6.18 Å². The summed E-state index contributed by atoms with van der Waals surface area (Å²) in [5.41, 5.74) is 2.60. The Balaban J connectivity index is 1.69. The van der Waals surface area contributed by atoms with Crippen molar-refractivity contribution in [2.45, 2.75) is 44.4 Å². The third-order valence-electron chi connectivity index (χ3n) is 4.30. The van der Waals surface area contributed by atoms with Crippen LogP contribution in [0, 0.1) is 13.8 Å². The van der Waals surface area contributed by atoms with Gasteiger partial charge in [-0.3, -0.25) is 4.79 Å². The molecule has 0 fully saturated rings. The van der Waals surface area contributed by atoms with Crippen LogP contribution in [0.5, 0.6) is 0 Å². The summed E-state index contributed by atoms with van der Waals surface area (Å²) in [7, 11) is 0. The zero-order valence-corrected chi connectivity index (χ0v) is 15.2. The number of nitrogens with one attached hydrogen (secondary N) is 1. The van der Waals surface area contributed by atoms with Crippen molar-refractivity contribution in [3.63, 3.8) is 0 Å². The molecule has 0 atom stereocenters. The maximum absolute atomic E-state index is 13.2. The van der Waals surface area contributed by atoms with Crippen LogP contribution in [0.1, 0.15) is 34.5 Å². The minimum atomic E-state index is -4.51. The molecule has 0 aliphatic heterocycles. The molecule has 0 bridgehead atoms. The lowest BCUT2D eigenvalue weighted by atomic mass is 10.1. The number of carbonyl (C=O) groups is 1. The summed E-state index contributed by atoms with van der Waals surface area (Å²) in [6.45, 7) is 3.91. The van der Waals surface area contributed by atoms with Crippen LogP contribution in [-0.4, -0.2) is 21.6 Å². The molecular weight excluding hydrogens is 363 g/mol. The van der Waals surface area contributed by atoms with Crippen molar-refractivity contribution < 1.29 is 18.0 Å². The Labute approximate surface area is 153 Å². The van der Waals surface area contributed by atoms with Crippen molar-refractivity contribution in [3.8, 4) is 0 Å². The average Bonchev–Trinajstić information content (AvgIpc) is 3.03. The van der Waals surface area contributed by atoms with E-state index in [2.05, 4.69) is 15.3 Å². The minimum Gasteiger partial charge on any atom is -0.325 e. The van der Waals surface area contributed by atoms with E-state index in [9.17, 15) is 18.0 Å². The monoisotopic (exact) mass is 381 g/mol. The summed E-state index contributed by atoms with van der Waals surface area (Å²) >= 11 is 0.917. The van der Waals surface area contributed by atoms with E-state index in [1.807, 2.05) is 26.0 Å². The first-order valence-corrected chi connectivity index (χ1v) is 9.19. The first-order valence-electron chi connectivity index (χ1n) is 8.21. The van der Waals surface area contributed by atoms with Gasteiger partial charge in [-0.05, 0) is 56.4 Å². The fourth-order valence-electron chi connectivity index (χ4n) is 2.86. The summed E-state index contributed by atoms with van der Waals surface area (Å²) in [4.78, 5) is 20.0. The Morgan fingerprint density at radius 3 is 2.65 bits per heavy atom. The smallest absolute Gasteiger partial charge is 0.325 e. The molecular formula is C18H18F3N3OS. The summed E-state index contributed by atoms with van der Waals surface area (Å²) in [6, 6.07) is 5.54. The standard InChI is InChI=1S/C18H18F3N3OS/c1-10-6-7-12(8-11(10)2)22-15(25)9-26-17-23-14-5-3-4-13(14)16(24-17)18(19,20)21/h6-8H,3-5,9H2,1-2H3,(H,22,25). The molecule has 3 rings (SSSR count). The first kappa shape index (κ1) is 18.7. The molecule has 1 aromatic carbocycles. The first-order chi connectivity index (χ1) is 12.2. The molecule has 0 spiro atoms. The van der Waals surface area contributed by atoms with Gasteiger partial charge in [0.2, 0.25) is 5.91 Å². The molecule has 138 valence electrons. The number of hydrogen-bond acceptors (Lipinski definition) is 4. The zero-order chi connectivity index (χ0) is 18.9. The van der Waals surface area contributed by atoms with E-state index in [1.165, 1.54) is 0 Å². The number of alkyl halides is 3. The molecule has 1 heterocycles. The number of carbonyl (C=O) groups excluding carboxylic acids is 1. The molecule has 2 aromatic rings. The highest BCUT2D eigenvalue weighted by Gasteiger charge is 2.38. The minimum absolute atomic E-state index is 0.00629. The molecule has 1 amide bonds. The topological polar surface area (TPSA) is 54.9 Å². The van der Waals surface area contributed by atoms with Crippen LogP contribution in [0.3, 0.4) is 0 Å². The van der Waals surface area contributed by atoms with E-state index in [0.717, 1.165) is 22.9 Å². The number of aromatic nitrogens is 2. The number of rotatable bonds is 4. The molecule has 1 aliphatic rings. The molecule has 1 aliphatic carbocycles. The number of thioether (sulfide) groups is 1. The highest BCUT2D eigenvalue weighted by molar-refractivity contribution is 7.99. The van der Waals surface area contributed by atoms with Gasteiger partial charge in [0.25, 0.3) is 0 Å². The second-order valence-electron chi connectivity index (χ2n) is 6.27. The van der Waals surface area contributed by atoms with Crippen molar-refractivity contribution >= 4 is 23.4 Å². The molecule has 26 heavy (non-hydrogen) atoms. The second-order valence-corrected chi connectivity index (χ2v) is 7.21. The van der Waals surface area contributed by atoms with Crippen molar-refractivity contribution in [1.82, 2.24) is 9.97 Å². The van der Waals surface area contributed by atoms with Crippen molar-refractivity contribution in [1.29, 1.82) is 0 Å². The van der Waals surface area contributed by atoms with Gasteiger partial charge in [-0.1, -0.05) is 17.8 Å². The van der Waals surface area contributed by atoms with Crippen LogP contribution in [0.4, 0.5) is 18.9 Å². The van der Waals surface area contributed by atoms with E-state index in [-0.39, 0.29) is 22.4 Å². The Hall–Kier alpha value is -2.09. The van der Waals surface area contributed by atoms with Crippen LogP contribution < -0.4 is 5.32 Å². The van der Waals surface area contributed by atoms with Gasteiger partial charge in [-0.15, -0.1) is 0 Å². The number of halogens is 3. The van der Waals surface area contributed by atoms with Crippen LogP contribution in [0.25, 0.3) is 0 Å². The van der Waals surface area contributed by atoms with Gasteiger partial charge in [-0.2, -0.15) is 13.2 Å². The van der Waals surface area contributed by atoms with Crippen LogP contribution in [-0.2, 0) is 23.8 Å². The van der Waals surface area contributed by atoms with E-state index >= 15 is 0 Å². The largest absolute Gasteiger partial charge is 0.433 e. The Bertz CT molecular complexity index is 852. The lowest BCUT2D eigenvalue weighted by Gasteiger charge is -2.12. The highest BCUT2D eigenvalue weighted by atomic mass is 32.2. The van der Waals surface area contributed by atoms with Crippen LogP contribution in [0.2, 0.25) is 0 Å². The predicted octanol–water partition coefficient (Wildman–Crippen LogP) is 4.33. The summed E-state index contributed by atoms with van der Waals surface area (Å²) in [6.07, 6.45) is -2.99. The Morgan fingerprint density at radius 2 is 1.96 bits per heavy atom. The van der Waals surface area contributed by atoms with Gasteiger partial charge in [-0.25, -0.2) is 9.97 Å². The van der Waals surface area contributed by atoms with Crippen LogP contribution >= 0.6 is 11.8 Å². The third-order valence-corrected chi connectivity index (χ3v) is 5.15. The highest BCUT2D eigenvalue weighted by Crippen LogP contribution is 2.36. The Kier molecular flexibility index (Phi) is 5.22. The predicted molar refractivity (Wildman–Crippen MR) is 94.3 cm³/mol. The van der Waals surface area contributed by atoms with E-state index in [4.69, 9.17) is 0 Å². The Morgan fingerprint density at radius 1 is 1.19 bits per heavy atom. The lowest BCUT2D eigenvalue weighted by Crippen LogP contribution is -2.16. The number of benzene rings is 1. The van der Waals surface area contributed by atoms with Gasteiger partial charge in [0, 0.05) is 16.9 Å². The molecule has 0 unspecified atom stereocenters. The molecule has 0 saturated carbocycles. The summed E-state index contributed by atoms with van der Waals surface area (Å²) in [5.74, 6) is -0.362. The quantitative estimate of drug-likeness (QED) is 0.633. The fraction of sp³-hybridized carbons (Fsp3) is 0.389. The van der Waals surface area contributed by atoms with Gasteiger partial charge in [0.15, 0.2) is 10.9 Å². The molecule has 8 heteroatoms. The maximum Gasteiger partial charge on any atom is 0.433 e. The zero-order valence-electron chi connectivity index (χ0n) is 14.4. The van der Waals surface area contributed by atoms with E-state index in [0.29, 0.717) is 30.6 Å². The second kappa shape index (κ2) is 7.26. The number of aryl methyl sites for hydroxylation is 3. The van der Waals surface area contributed by atoms with E-state index in [1.54, 1.807) is 6.07 Å². The fourth-order valence-corrected chi connectivity index (χ4v) is 3.52. The number of fused-ring (bicyclic) bond motifs is 1. The van der Waals surface area contributed by atoms with Gasteiger partial charge < -0.3 is 5.32 Å². The lowest BCUT2D eigenvalue weighted by molar-refractivity contribution is -0.142. The summed E-state index contributed by atoms with van der Waals surface area (Å²) in [5, 5.41) is 2.73. The SMILES string of the molecule is Cc1ccc(NC(=O)CSc2nc3c(c(C(F)(F)F)n2)CCC3)cc1C. The van der Waals surface area contributed by atoms with Crippen LogP contribution in [0.15, 0.2) is 23.4 Å². The summed E-state index contributed by atoms with van der Waals surface area (Å²) < 4.78 is 39.6. The molecule has 0 radical (unpaired) electrons. The number of anilines is 1. The normalized spacial score (nSPS) is 13.6. The maximum atomic E-state index is 13.2. The van der Waals surface area contributed by atoms with Gasteiger partial charge in [0.1, 0.15) is 0 Å². The molecule has 4 nitrogen and oxygen atoms in total. The molecule has 0 saturated heterocycles. The number of nitrogens with zero attached hydrogens (tertiary/aromatic N) is 2.